The summed E-state index contributed by atoms with van der Waals surface area (Å²) in [5.41, 5.74) is -0.886. The van der Waals surface area contributed by atoms with Crippen LogP contribution in [0.3, 0.4) is 0 Å². The van der Waals surface area contributed by atoms with Gasteiger partial charge in [0.2, 0.25) is 0 Å². The molecule has 1 aliphatic heterocycles. The lowest BCUT2D eigenvalue weighted by Gasteiger charge is -2.23. The molecule has 1 aromatic rings. The first-order chi connectivity index (χ1) is 9.16. The quantitative estimate of drug-likeness (QED) is 0.848. The van der Waals surface area contributed by atoms with E-state index < -0.39 is 21.6 Å². The smallest absolute Gasteiger partial charge is 0.367 e. The lowest BCUT2D eigenvalue weighted by Crippen LogP contribution is -2.32. The van der Waals surface area contributed by atoms with Gasteiger partial charge < -0.3 is 5.32 Å². The molecule has 0 radical (unpaired) electrons. The number of hydrogen-bond donors (Lipinski definition) is 1. The van der Waals surface area contributed by atoms with E-state index in [1.807, 2.05) is 0 Å². The number of nitrogens with one attached hydrogen (secondary N) is 1. The van der Waals surface area contributed by atoms with Crippen molar-refractivity contribution in [2.75, 3.05) is 16.8 Å². The zero-order valence-corrected chi connectivity index (χ0v) is 11.8. The molecular formula is C11H12ClF3N2O2S. The van der Waals surface area contributed by atoms with E-state index in [2.05, 4.69) is 10.3 Å². The van der Waals surface area contributed by atoms with Crippen LogP contribution in [0.4, 0.5) is 19.0 Å². The highest BCUT2D eigenvalue weighted by Gasteiger charge is 2.32. The molecule has 4 nitrogen and oxygen atoms in total. The second-order valence-corrected chi connectivity index (χ2v) is 7.32. The summed E-state index contributed by atoms with van der Waals surface area (Å²) in [4.78, 5) is 3.78. The van der Waals surface area contributed by atoms with Crippen molar-refractivity contribution in [2.24, 2.45) is 0 Å². The van der Waals surface area contributed by atoms with E-state index in [-0.39, 0.29) is 28.5 Å². The van der Waals surface area contributed by atoms with Crippen molar-refractivity contribution >= 4 is 27.3 Å². The van der Waals surface area contributed by atoms with Gasteiger partial charge in [0.15, 0.2) is 0 Å². The maximum atomic E-state index is 12.6. The predicted octanol–water partition coefficient (Wildman–Crippen LogP) is 2.74. The Balaban J connectivity index is 2.12. The SMILES string of the molecule is O=S1(=O)CCC(Nc2cc(C(F)(F)F)cc(Cl)n2)CC1. The van der Waals surface area contributed by atoms with Gasteiger partial charge in [-0.3, -0.25) is 0 Å². The Kier molecular flexibility index (Phi) is 4.15. The number of alkyl halides is 3. The molecular weight excluding hydrogens is 317 g/mol. The molecule has 0 saturated carbocycles. The van der Waals surface area contributed by atoms with Crippen molar-refractivity contribution in [1.82, 2.24) is 4.98 Å². The Morgan fingerprint density at radius 2 is 1.85 bits per heavy atom. The van der Waals surface area contributed by atoms with Gasteiger partial charge in [-0.2, -0.15) is 13.2 Å². The first-order valence-corrected chi connectivity index (χ1v) is 8.07. The van der Waals surface area contributed by atoms with E-state index in [0.717, 1.165) is 12.1 Å². The monoisotopic (exact) mass is 328 g/mol. The summed E-state index contributed by atoms with van der Waals surface area (Å²) >= 11 is 5.57. The van der Waals surface area contributed by atoms with Crippen LogP contribution >= 0.6 is 11.6 Å². The molecule has 0 spiro atoms. The second-order valence-electron chi connectivity index (χ2n) is 4.63. The molecule has 2 rings (SSSR count). The Morgan fingerprint density at radius 3 is 2.40 bits per heavy atom. The molecule has 0 aliphatic carbocycles. The van der Waals surface area contributed by atoms with E-state index >= 15 is 0 Å². The van der Waals surface area contributed by atoms with Gasteiger partial charge in [0.05, 0.1) is 17.1 Å². The minimum atomic E-state index is -4.50. The van der Waals surface area contributed by atoms with Gasteiger partial charge in [-0.1, -0.05) is 11.6 Å². The van der Waals surface area contributed by atoms with Crippen molar-refractivity contribution in [3.05, 3.63) is 22.8 Å². The average molecular weight is 329 g/mol. The summed E-state index contributed by atoms with van der Waals surface area (Å²) in [6, 6.07) is 1.40. The van der Waals surface area contributed by atoms with Gasteiger partial charge in [-0.15, -0.1) is 0 Å². The van der Waals surface area contributed by atoms with Crippen molar-refractivity contribution in [1.29, 1.82) is 0 Å². The van der Waals surface area contributed by atoms with Gasteiger partial charge in [0.25, 0.3) is 0 Å². The average Bonchev–Trinajstić information content (AvgIpc) is 2.30. The molecule has 1 fully saturated rings. The molecule has 0 unspecified atom stereocenters. The first-order valence-electron chi connectivity index (χ1n) is 5.87. The Morgan fingerprint density at radius 1 is 1.25 bits per heavy atom. The molecule has 1 aromatic heterocycles. The molecule has 20 heavy (non-hydrogen) atoms. The number of halogens is 4. The third kappa shape index (κ3) is 3.99. The lowest BCUT2D eigenvalue weighted by atomic mass is 10.1. The van der Waals surface area contributed by atoms with Crippen LogP contribution < -0.4 is 5.32 Å². The van der Waals surface area contributed by atoms with Crippen LogP contribution in [0, 0.1) is 0 Å². The van der Waals surface area contributed by atoms with E-state index in [1.165, 1.54) is 0 Å². The van der Waals surface area contributed by atoms with Crippen LogP contribution in [-0.2, 0) is 16.0 Å². The number of pyridine rings is 1. The largest absolute Gasteiger partial charge is 0.416 e. The van der Waals surface area contributed by atoms with Crippen LogP contribution in [0.2, 0.25) is 5.15 Å². The number of sulfone groups is 1. The minimum Gasteiger partial charge on any atom is -0.367 e. The fourth-order valence-electron chi connectivity index (χ4n) is 1.98. The molecule has 112 valence electrons. The normalized spacial score (nSPS) is 19.8. The molecule has 9 heteroatoms. The molecule has 0 atom stereocenters. The fourth-order valence-corrected chi connectivity index (χ4v) is 3.68. The van der Waals surface area contributed by atoms with Gasteiger partial charge in [0, 0.05) is 6.04 Å². The van der Waals surface area contributed by atoms with Crippen molar-refractivity contribution in [2.45, 2.75) is 25.1 Å². The van der Waals surface area contributed by atoms with E-state index in [0.29, 0.717) is 12.8 Å². The molecule has 1 N–H and O–H groups in total. The minimum absolute atomic E-state index is 0.00845. The van der Waals surface area contributed by atoms with Gasteiger partial charge in [-0.25, -0.2) is 13.4 Å². The maximum absolute atomic E-state index is 12.6. The highest BCUT2D eigenvalue weighted by molar-refractivity contribution is 7.91. The summed E-state index contributed by atoms with van der Waals surface area (Å²) in [5, 5.41) is 2.55. The first kappa shape index (κ1) is 15.4. The zero-order valence-electron chi connectivity index (χ0n) is 10.2. The summed E-state index contributed by atoms with van der Waals surface area (Å²) < 4.78 is 60.5. The van der Waals surface area contributed by atoms with E-state index in [9.17, 15) is 21.6 Å². The summed E-state index contributed by atoms with van der Waals surface area (Å²) in [6.45, 7) is 0. The number of rotatable bonds is 2. The molecule has 0 amide bonds. The van der Waals surface area contributed by atoms with Crippen LogP contribution in [-0.4, -0.2) is 30.9 Å². The van der Waals surface area contributed by atoms with Crippen molar-refractivity contribution in [3.8, 4) is 0 Å². The molecule has 1 aliphatic rings. The van der Waals surface area contributed by atoms with Crippen molar-refractivity contribution < 1.29 is 21.6 Å². The lowest BCUT2D eigenvalue weighted by molar-refractivity contribution is -0.137. The van der Waals surface area contributed by atoms with Crippen LogP contribution in [0.15, 0.2) is 12.1 Å². The predicted molar refractivity (Wildman–Crippen MR) is 69.5 cm³/mol. The molecule has 1 saturated heterocycles. The maximum Gasteiger partial charge on any atom is 0.416 e. The summed E-state index contributed by atoms with van der Waals surface area (Å²) in [7, 11) is -3.01. The molecule has 0 bridgehead atoms. The topological polar surface area (TPSA) is 59.1 Å². The number of aromatic nitrogens is 1. The standard InChI is InChI=1S/C11H12ClF3N2O2S/c12-9-5-7(11(13,14)15)6-10(17-9)16-8-1-3-20(18,19)4-2-8/h5-6,8H,1-4H2,(H,16,17). The fraction of sp³-hybridized carbons (Fsp3) is 0.545. The summed E-state index contributed by atoms with van der Waals surface area (Å²) in [6.07, 6.45) is -3.81. The van der Waals surface area contributed by atoms with Crippen LogP contribution in [0.1, 0.15) is 18.4 Å². The van der Waals surface area contributed by atoms with Crippen LogP contribution in [0.5, 0.6) is 0 Å². The number of hydrogen-bond acceptors (Lipinski definition) is 4. The van der Waals surface area contributed by atoms with Crippen LogP contribution in [0.25, 0.3) is 0 Å². The number of nitrogens with zero attached hydrogens (tertiary/aromatic N) is 1. The molecule has 0 aromatic carbocycles. The van der Waals surface area contributed by atoms with Crippen molar-refractivity contribution in [3.63, 3.8) is 0 Å². The Labute approximate surface area is 119 Å². The van der Waals surface area contributed by atoms with Gasteiger partial charge in [-0.05, 0) is 25.0 Å². The highest BCUT2D eigenvalue weighted by Crippen LogP contribution is 2.32. The highest BCUT2D eigenvalue weighted by atomic mass is 35.5. The van der Waals surface area contributed by atoms with Gasteiger partial charge in [0.1, 0.15) is 20.8 Å². The van der Waals surface area contributed by atoms with Gasteiger partial charge >= 0.3 is 6.18 Å². The summed E-state index contributed by atoms with van der Waals surface area (Å²) in [5.74, 6) is 0.0588. The second kappa shape index (κ2) is 5.40. The van der Waals surface area contributed by atoms with E-state index in [4.69, 9.17) is 11.6 Å². The third-order valence-corrected chi connectivity index (χ3v) is 4.94. The Bertz CT molecular complexity index is 590. The molecule has 2 heterocycles. The zero-order chi connectivity index (χ0) is 15.0. The number of anilines is 1. The third-order valence-electron chi connectivity index (χ3n) is 3.03. The Hall–Kier alpha value is -1.02. The van der Waals surface area contributed by atoms with E-state index in [1.54, 1.807) is 0 Å².